The van der Waals surface area contributed by atoms with Crippen LogP contribution >= 0.6 is 11.3 Å². The Labute approximate surface area is 135 Å². The van der Waals surface area contributed by atoms with Gasteiger partial charge in [-0.15, -0.1) is 11.3 Å². The van der Waals surface area contributed by atoms with Crippen molar-refractivity contribution in [2.45, 2.75) is 32.9 Å². The number of aliphatic hydroxyl groups is 1. The minimum absolute atomic E-state index is 0.315. The minimum Gasteiger partial charge on any atom is -0.466 e. The molecule has 2 heterocycles. The van der Waals surface area contributed by atoms with Crippen molar-refractivity contribution in [2.75, 3.05) is 13.1 Å². The molecule has 0 aliphatic carbocycles. The molecule has 1 atom stereocenters. The molecule has 1 unspecified atom stereocenters. The van der Waals surface area contributed by atoms with Gasteiger partial charge in [0.25, 0.3) is 0 Å². The van der Waals surface area contributed by atoms with Crippen LogP contribution in [0, 0.1) is 6.92 Å². The van der Waals surface area contributed by atoms with Gasteiger partial charge in [0.05, 0.1) is 19.4 Å². The standard InChI is InChI=1S/C16H23N3O2S/c1-4-17-15(18-10-13-8-7-12(2)22-13)19-11-16(3,20)14-6-5-9-21-14/h5-9,20H,4,10-11H2,1-3H3,(H2,17,18,19). The van der Waals surface area contributed by atoms with E-state index in [1.165, 1.54) is 9.75 Å². The van der Waals surface area contributed by atoms with Gasteiger partial charge < -0.3 is 20.2 Å². The van der Waals surface area contributed by atoms with Crippen molar-refractivity contribution in [1.29, 1.82) is 0 Å². The molecule has 0 fully saturated rings. The Morgan fingerprint density at radius 3 is 2.77 bits per heavy atom. The number of thiophene rings is 1. The number of nitrogens with one attached hydrogen (secondary N) is 2. The van der Waals surface area contributed by atoms with Crippen molar-refractivity contribution >= 4 is 17.3 Å². The Kier molecular flexibility index (Phi) is 5.63. The summed E-state index contributed by atoms with van der Waals surface area (Å²) in [5, 5.41) is 16.8. The fourth-order valence-electron chi connectivity index (χ4n) is 2.00. The number of aryl methyl sites for hydroxylation is 1. The van der Waals surface area contributed by atoms with E-state index in [0.29, 0.717) is 24.8 Å². The molecule has 3 N–H and O–H groups in total. The lowest BCUT2D eigenvalue weighted by molar-refractivity contribution is 0.0386. The van der Waals surface area contributed by atoms with E-state index in [9.17, 15) is 5.11 Å². The van der Waals surface area contributed by atoms with E-state index in [4.69, 9.17) is 4.42 Å². The average Bonchev–Trinajstić information content (AvgIpc) is 3.13. The van der Waals surface area contributed by atoms with Crippen LogP contribution < -0.4 is 10.6 Å². The number of nitrogens with zero attached hydrogens (tertiary/aromatic N) is 1. The average molecular weight is 321 g/mol. The fraction of sp³-hybridized carbons (Fsp3) is 0.438. The molecule has 2 aromatic rings. The monoisotopic (exact) mass is 321 g/mol. The predicted octanol–water partition coefficient (Wildman–Crippen LogP) is 2.61. The van der Waals surface area contributed by atoms with Crippen LogP contribution in [0.25, 0.3) is 0 Å². The molecular weight excluding hydrogens is 298 g/mol. The van der Waals surface area contributed by atoms with Gasteiger partial charge >= 0.3 is 0 Å². The molecule has 0 aliphatic heterocycles. The molecule has 2 rings (SSSR count). The summed E-state index contributed by atoms with van der Waals surface area (Å²) < 4.78 is 5.27. The van der Waals surface area contributed by atoms with Gasteiger partial charge in [-0.05, 0) is 45.0 Å². The first kappa shape index (κ1) is 16.6. The van der Waals surface area contributed by atoms with E-state index >= 15 is 0 Å². The molecule has 0 aromatic carbocycles. The molecule has 5 nitrogen and oxygen atoms in total. The number of furan rings is 1. The maximum atomic E-state index is 10.4. The highest BCUT2D eigenvalue weighted by atomic mass is 32.1. The zero-order valence-corrected chi connectivity index (χ0v) is 14.0. The van der Waals surface area contributed by atoms with Crippen molar-refractivity contribution in [2.24, 2.45) is 4.99 Å². The quantitative estimate of drug-likeness (QED) is 0.565. The lowest BCUT2D eigenvalue weighted by atomic mass is 10.0. The Morgan fingerprint density at radius 1 is 1.36 bits per heavy atom. The van der Waals surface area contributed by atoms with Crippen LogP contribution in [0.3, 0.4) is 0 Å². The second-order valence-electron chi connectivity index (χ2n) is 5.31. The van der Waals surface area contributed by atoms with Crippen molar-refractivity contribution in [3.63, 3.8) is 0 Å². The van der Waals surface area contributed by atoms with E-state index in [-0.39, 0.29) is 0 Å². The molecule has 0 saturated heterocycles. The third-order valence-corrected chi connectivity index (χ3v) is 4.17. The third kappa shape index (κ3) is 4.61. The molecule has 0 aliphatic rings. The molecule has 0 radical (unpaired) electrons. The highest BCUT2D eigenvalue weighted by Crippen LogP contribution is 2.19. The summed E-state index contributed by atoms with van der Waals surface area (Å²) in [5.74, 6) is 1.21. The first-order chi connectivity index (χ1) is 10.5. The van der Waals surface area contributed by atoms with Gasteiger partial charge in [-0.2, -0.15) is 0 Å². The van der Waals surface area contributed by atoms with E-state index in [0.717, 1.165) is 6.54 Å². The van der Waals surface area contributed by atoms with Gasteiger partial charge in [-0.3, -0.25) is 0 Å². The second-order valence-corrected chi connectivity index (χ2v) is 6.68. The van der Waals surface area contributed by atoms with Crippen LogP contribution in [0.1, 0.15) is 29.4 Å². The minimum atomic E-state index is -1.08. The Morgan fingerprint density at radius 2 is 2.18 bits per heavy atom. The molecule has 120 valence electrons. The van der Waals surface area contributed by atoms with Crippen molar-refractivity contribution in [3.05, 3.63) is 46.0 Å². The van der Waals surface area contributed by atoms with Crippen LogP contribution in [-0.2, 0) is 12.1 Å². The number of rotatable bonds is 6. The van der Waals surface area contributed by atoms with Gasteiger partial charge in [-0.25, -0.2) is 4.99 Å². The summed E-state index contributed by atoms with van der Waals surface area (Å²) in [6.07, 6.45) is 1.56. The van der Waals surface area contributed by atoms with Gasteiger partial charge in [0, 0.05) is 16.3 Å². The molecule has 6 heteroatoms. The summed E-state index contributed by atoms with van der Waals surface area (Å²) in [4.78, 5) is 7.04. The highest BCUT2D eigenvalue weighted by molar-refractivity contribution is 7.11. The van der Waals surface area contributed by atoms with Gasteiger partial charge in [0.15, 0.2) is 5.96 Å². The van der Waals surface area contributed by atoms with Gasteiger partial charge in [0.1, 0.15) is 11.4 Å². The van der Waals surface area contributed by atoms with E-state index in [2.05, 4.69) is 34.7 Å². The second kappa shape index (κ2) is 7.47. The summed E-state index contributed by atoms with van der Waals surface area (Å²) in [5.41, 5.74) is -1.08. The number of guanidine groups is 1. The fourth-order valence-corrected chi connectivity index (χ4v) is 2.81. The van der Waals surface area contributed by atoms with E-state index < -0.39 is 5.60 Å². The van der Waals surface area contributed by atoms with E-state index in [1.54, 1.807) is 36.7 Å². The highest BCUT2D eigenvalue weighted by Gasteiger charge is 2.26. The van der Waals surface area contributed by atoms with Crippen LogP contribution in [-0.4, -0.2) is 24.2 Å². The molecule has 0 spiro atoms. The Hall–Kier alpha value is -1.79. The van der Waals surface area contributed by atoms with Gasteiger partial charge in [-0.1, -0.05) is 0 Å². The molecule has 0 bridgehead atoms. The summed E-state index contributed by atoms with van der Waals surface area (Å²) in [6.45, 7) is 7.51. The Bertz CT molecular complexity index is 603. The topological polar surface area (TPSA) is 69.8 Å². The number of hydrogen-bond donors (Lipinski definition) is 3. The zero-order chi connectivity index (χ0) is 16.0. The van der Waals surface area contributed by atoms with Crippen molar-refractivity contribution in [1.82, 2.24) is 10.6 Å². The lowest BCUT2D eigenvalue weighted by Crippen LogP contribution is -2.44. The normalized spacial score (nSPS) is 14.6. The molecule has 0 saturated carbocycles. The van der Waals surface area contributed by atoms with E-state index in [1.807, 2.05) is 6.92 Å². The lowest BCUT2D eigenvalue weighted by Gasteiger charge is -2.22. The molecular formula is C16H23N3O2S. The molecule has 22 heavy (non-hydrogen) atoms. The summed E-state index contributed by atoms with van der Waals surface area (Å²) in [7, 11) is 0. The number of aliphatic imine (C=N–C) groups is 1. The van der Waals surface area contributed by atoms with Crippen LogP contribution in [0.5, 0.6) is 0 Å². The van der Waals surface area contributed by atoms with Crippen LogP contribution in [0.15, 0.2) is 39.9 Å². The number of hydrogen-bond acceptors (Lipinski definition) is 4. The molecule has 0 amide bonds. The van der Waals surface area contributed by atoms with Crippen molar-refractivity contribution in [3.8, 4) is 0 Å². The smallest absolute Gasteiger partial charge is 0.191 e. The maximum Gasteiger partial charge on any atom is 0.191 e. The Balaban J connectivity index is 1.96. The maximum absolute atomic E-state index is 10.4. The van der Waals surface area contributed by atoms with Gasteiger partial charge in [0.2, 0.25) is 0 Å². The van der Waals surface area contributed by atoms with Crippen LogP contribution in [0.4, 0.5) is 0 Å². The molecule has 2 aromatic heterocycles. The SMILES string of the molecule is CCNC(=NCc1ccc(C)s1)NCC(C)(O)c1ccco1. The summed E-state index contributed by atoms with van der Waals surface area (Å²) in [6, 6.07) is 7.71. The first-order valence-corrected chi connectivity index (χ1v) is 8.17. The summed E-state index contributed by atoms with van der Waals surface area (Å²) >= 11 is 1.74. The predicted molar refractivity (Wildman–Crippen MR) is 90.2 cm³/mol. The third-order valence-electron chi connectivity index (χ3n) is 3.19. The van der Waals surface area contributed by atoms with Crippen LogP contribution in [0.2, 0.25) is 0 Å². The van der Waals surface area contributed by atoms with Crippen molar-refractivity contribution < 1.29 is 9.52 Å². The zero-order valence-electron chi connectivity index (χ0n) is 13.2. The largest absolute Gasteiger partial charge is 0.466 e. The first-order valence-electron chi connectivity index (χ1n) is 7.35.